The largest absolute Gasteiger partial charge is 0.338 e. The molecule has 0 spiro atoms. The summed E-state index contributed by atoms with van der Waals surface area (Å²) >= 11 is 0. The van der Waals surface area contributed by atoms with E-state index in [9.17, 15) is 9.00 Å². The van der Waals surface area contributed by atoms with Crippen molar-refractivity contribution >= 4 is 27.6 Å². The van der Waals surface area contributed by atoms with Gasteiger partial charge in [-0.05, 0) is 38.1 Å². The molecule has 2 aromatic rings. The van der Waals surface area contributed by atoms with Crippen molar-refractivity contribution in [3.05, 3.63) is 41.6 Å². The number of aromatic nitrogens is 1. The van der Waals surface area contributed by atoms with Crippen molar-refractivity contribution in [2.45, 2.75) is 19.9 Å². The maximum absolute atomic E-state index is 12.5. The summed E-state index contributed by atoms with van der Waals surface area (Å²) in [6, 6.07) is 9.36. The Kier molecular flexibility index (Phi) is 4.73. The Labute approximate surface area is 127 Å². The summed E-state index contributed by atoms with van der Waals surface area (Å²) in [4.78, 5) is 18.6. The fourth-order valence-electron chi connectivity index (χ4n) is 2.22. The van der Waals surface area contributed by atoms with E-state index in [1.807, 2.05) is 38.1 Å². The standard InChI is InChI=1S/C16H20N2O2S/c1-11-5-6-13-9-14(7-8-15(13)17-11)16(19)18(3)12(2)10-21(4)20/h5-9,12H,10H2,1-4H3/t12-,21-/m0/s1. The number of aryl methyl sites for hydroxylation is 1. The highest BCUT2D eigenvalue weighted by molar-refractivity contribution is 7.84. The molecule has 5 heteroatoms. The summed E-state index contributed by atoms with van der Waals surface area (Å²) in [6.45, 7) is 3.85. The zero-order chi connectivity index (χ0) is 15.6. The molecule has 2 rings (SSSR count). The summed E-state index contributed by atoms with van der Waals surface area (Å²) in [5.41, 5.74) is 2.47. The van der Waals surface area contributed by atoms with Gasteiger partial charge in [-0.15, -0.1) is 0 Å². The minimum atomic E-state index is -0.918. The molecule has 1 aromatic heterocycles. The lowest BCUT2D eigenvalue weighted by Gasteiger charge is -2.24. The van der Waals surface area contributed by atoms with Gasteiger partial charge in [-0.25, -0.2) is 0 Å². The van der Waals surface area contributed by atoms with Gasteiger partial charge in [0.2, 0.25) is 0 Å². The van der Waals surface area contributed by atoms with Crippen LogP contribution in [0.4, 0.5) is 0 Å². The van der Waals surface area contributed by atoms with E-state index in [2.05, 4.69) is 4.98 Å². The zero-order valence-corrected chi connectivity index (χ0v) is 13.6. The number of hydrogen-bond donors (Lipinski definition) is 0. The van der Waals surface area contributed by atoms with Crippen molar-refractivity contribution in [1.29, 1.82) is 0 Å². The molecular formula is C16H20N2O2S. The number of nitrogens with zero attached hydrogens (tertiary/aromatic N) is 2. The predicted molar refractivity (Wildman–Crippen MR) is 87.0 cm³/mol. The van der Waals surface area contributed by atoms with Crippen LogP contribution in [-0.4, -0.2) is 45.1 Å². The first-order chi connectivity index (χ1) is 9.88. The van der Waals surface area contributed by atoms with Crippen LogP contribution in [0.25, 0.3) is 10.9 Å². The second-order valence-corrected chi connectivity index (χ2v) is 6.84. The van der Waals surface area contributed by atoms with Crippen LogP contribution in [0.2, 0.25) is 0 Å². The topological polar surface area (TPSA) is 50.3 Å². The van der Waals surface area contributed by atoms with E-state index in [-0.39, 0.29) is 11.9 Å². The maximum atomic E-state index is 12.5. The van der Waals surface area contributed by atoms with Crippen molar-refractivity contribution in [3.8, 4) is 0 Å². The van der Waals surface area contributed by atoms with Crippen LogP contribution in [0.5, 0.6) is 0 Å². The number of rotatable bonds is 4. The van der Waals surface area contributed by atoms with E-state index in [1.165, 1.54) is 0 Å². The van der Waals surface area contributed by atoms with Gasteiger partial charge in [-0.2, -0.15) is 0 Å². The molecule has 0 saturated heterocycles. The molecule has 0 bridgehead atoms. The molecule has 1 amide bonds. The van der Waals surface area contributed by atoms with Crippen LogP contribution < -0.4 is 0 Å². The number of pyridine rings is 1. The molecule has 112 valence electrons. The minimum absolute atomic E-state index is 0.0598. The lowest BCUT2D eigenvalue weighted by atomic mass is 10.1. The number of hydrogen-bond acceptors (Lipinski definition) is 3. The van der Waals surface area contributed by atoms with Gasteiger partial charge in [-0.3, -0.25) is 14.0 Å². The Morgan fingerprint density at radius 3 is 2.71 bits per heavy atom. The SMILES string of the molecule is Cc1ccc2cc(C(=O)N(C)[C@@H](C)C[S@](C)=O)ccc2n1. The summed E-state index contributed by atoms with van der Waals surface area (Å²) < 4.78 is 11.3. The smallest absolute Gasteiger partial charge is 0.253 e. The molecule has 0 fully saturated rings. The van der Waals surface area contributed by atoms with Crippen molar-refractivity contribution in [2.75, 3.05) is 19.1 Å². The highest BCUT2D eigenvalue weighted by atomic mass is 32.2. The number of fused-ring (bicyclic) bond motifs is 1. The molecular weight excluding hydrogens is 284 g/mol. The van der Waals surface area contributed by atoms with Gasteiger partial charge in [-0.1, -0.05) is 6.07 Å². The molecule has 1 heterocycles. The Hall–Kier alpha value is -1.75. The van der Waals surface area contributed by atoms with Gasteiger partial charge in [0, 0.05) is 52.5 Å². The van der Waals surface area contributed by atoms with Crippen LogP contribution in [-0.2, 0) is 10.8 Å². The maximum Gasteiger partial charge on any atom is 0.253 e. The van der Waals surface area contributed by atoms with Crippen LogP contribution >= 0.6 is 0 Å². The zero-order valence-electron chi connectivity index (χ0n) is 12.8. The molecule has 21 heavy (non-hydrogen) atoms. The highest BCUT2D eigenvalue weighted by Gasteiger charge is 2.18. The fraction of sp³-hybridized carbons (Fsp3) is 0.375. The molecule has 0 unspecified atom stereocenters. The van der Waals surface area contributed by atoms with E-state index in [0.29, 0.717) is 11.3 Å². The molecule has 0 saturated carbocycles. The molecule has 0 radical (unpaired) electrons. The van der Waals surface area contributed by atoms with Gasteiger partial charge in [0.1, 0.15) is 0 Å². The van der Waals surface area contributed by atoms with Crippen molar-refractivity contribution < 1.29 is 9.00 Å². The molecule has 1 aromatic carbocycles. The van der Waals surface area contributed by atoms with Crippen molar-refractivity contribution in [1.82, 2.24) is 9.88 Å². The second kappa shape index (κ2) is 6.35. The molecule has 4 nitrogen and oxygen atoms in total. The van der Waals surface area contributed by atoms with Crippen LogP contribution in [0.15, 0.2) is 30.3 Å². The van der Waals surface area contributed by atoms with Crippen molar-refractivity contribution in [3.63, 3.8) is 0 Å². The van der Waals surface area contributed by atoms with Crippen LogP contribution in [0.3, 0.4) is 0 Å². The number of carbonyl (C=O) groups excluding carboxylic acids is 1. The number of benzene rings is 1. The van der Waals surface area contributed by atoms with Gasteiger partial charge >= 0.3 is 0 Å². The summed E-state index contributed by atoms with van der Waals surface area (Å²) in [7, 11) is 0.829. The quantitative estimate of drug-likeness (QED) is 0.871. The summed E-state index contributed by atoms with van der Waals surface area (Å²) in [5.74, 6) is 0.423. The van der Waals surface area contributed by atoms with Crippen LogP contribution in [0.1, 0.15) is 23.0 Å². The van der Waals surface area contributed by atoms with E-state index < -0.39 is 10.8 Å². The molecule has 0 aliphatic rings. The Bertz CT molecular complexity index is 700. The first kappa shape index (κ1) is 15.6. The van der Waals surface area contributed by atoms with E-state index >= 15 is 0 Å². The Morgan fingerprint density at radius 2 is 2.05 bits per heavy atom. The monoisotopic (exact) mass is 304 g/mol. The average Bonchev–Trinajstić information content (AvgIpc) is 2.44. The predicted octanol–water partition coefficient (Wildman–Crippen LogP) is 2.38. The second-order valence-electron chi connectivity index (χ2n) is 5.37. The third-order valence-electron chi connectivity index (χ3n) is 3.53. The van der Waals surface area contributed by atoms with E-state index in [4.69, 9.17) is 0 Å². The first-order valence-corrected chi connectivity index (χ1v) is 8.56. The average molecular weight is 304 g/mol. The third kappa shape index (κ3) is 3.67. The van der Waals surface area contributed by atoms with E-state index in [0.717, 1.165) is 16.6 Å². The van der Waals surface area contributed by atoms with Gasteiger partial charge in [0.05, 0.1) is 5.52 Å². The minimum Gasteiger partial charge on any atom is -0.338 e. The Balaban J connectivity index is 2.26. The molecule has 2 atom stereocenters. The van der Waals surface area contributed by atoms with Crippen molar-refractivity contribution in [2.24, 2.45) is 0 Å². The molecule has 0 aliphatic heterocycles. The lowest BCUT2D eigenvalue weighted by Crippen LogP contribution is -2.38. The van der Waals surface area contributed by atoms with Gasteiger partial charge in [0.25, 0.3) is 5.91 Å². The van der Waals surface area contributed by atoms with Gasteiger partial charge in [0.15, 0.2) is 0 Å². The lowest BCUT2D eigenvalue weighted by molar-refractivity contribution is 0.0757. The number of amides is 1. The van der Waals surface area contributed by atoms with Gasteiger partial charge < -0.3 is 4.90 Å². The highest BCUT2D eigenvalue weighted by Crippen LogP contribution is 2.16. The summed E-state index contributed by atoms with van der Waals surface area (Å²) in [6.07, 6.45) is 1.65. The number of carbonyl (C=O) groups is 1. The third-order valence-corrected chi connectivity index (χ3v) is 4.48. The Morgan fingerprint density at radius 1 is 1.33 bits per heavy atom. The molecule has 0 N–H and O–H groups in total. The normalized spacial score (nSPS) is 13.9. The first-order valence-electron chi connectivity index (χ1n) is 6.83. The van der Waals surface area contributed by atoms with Crippen LogP contribution in [0, 0.1) is 6.92 Å². The fourth-order valence-corrected chi connectivity index (χ4v) is 3.12. The summed E-state index contributed by atoms with van der Waals surface area (Å²) in [5, 5.41) is 0.951. The molecule has 0 aliphatic carbocycles. The van der Waals surface area contributed by atoms with E-state index in [1.54, 1.807) is 24.3 Å².